The molecule has 1 N–H and O–H groups in total. The highest BCUT2D eigenvalue weighted by atomic mass is 35.5. The smallest absolute Gasteiger partial charge is 0.328 e. The topological polar surface area (TPSA) is 50.4 Å². The zero-order valence-electron chi connectivity index (χ0n) is 8.64. The normalized spacial score (nSPS) is 11.2. The molecular formula is C12H11ClO3. The number of fused-ring (bicyclic) bond motifs is 1. The van der Waals surface area contributed by atoms with Crippen molar-refractivity contribution in [3.63, 3.8) is 0 Å². The summed E-state index contributed by atoms with van der Waals surface area (Å²) in [5, 5.41) is 9.58. The molecule has 0 spiro atoms. The summed E-state index contributed by atoms with van der Waals surface area (Å²) in [5.74, 6) is -0.369. The molecule has 1 aromatic heterocycles. The van der Waals surface area contributed by atoms with Crippen molar-refractivity contribution in [3.8, 4) is 0 Å². The molecule has 16 heavy (non-hydrogen) atoms. The molecule has 0 atom stereocenters. The second-order valence-corrected chi connectivity index (χ2v) is 3.31. The highest BCUT2D eigenvalue weighted by Crippen LogP contribution is 2.23. The first-order valence-electron chi connectivity index (χ1n) is 4.57. The van der Waals surface area contributed by atoms with Crippen LogP contribution in [0.3, 0.4) is 0 Å². The van der Waals surface area contributed by atoms with E-state index in [9.17, 15) is 4.79 Å². The van der Waals surface area contributed by atoms with E-state index >= 15 is 0 Å². The van der Waals surface area contributed by atoms with Crippen LogP contribution in [0.2, 0.25) is 0 Å². The molecule has 2 aromatic rings. The average Bonchev–Trinajstić information content (AvgIpc) is 2.59. The first-order valence-corrected chi connectivity index (χ1v) is 4.57. The largest absolute Gasteiger partial charge is 0.478 e. The lowest BCUT2D eigenvalue weighted by molar-refractivity contribution is -0.131. The molecule has 0 fully saturated rings. The van der Waals surface area contributed by atoms with E-state index in [1.165, 1.54) is 0 Å². The van der Waals surface area contributed by atoms with Gasteiger partial charge in [-0.25, -0.2) is 4.79 Å². The lowest BCUT2D eigenvalue weighted by atomic mass is 10.2. The number of aliphatic carboxylic acids is 1. The molecule has 0 aliphatic rings. The first-order chi connectivity index (χ1) is 7.16. The maximum atomic E-state index is 10.5. The van der Waals surface area contributed by atoms with E-state index in [1.54, 1.807) is 6.92 Å². The maximum absolute atomic E-state index is 10.5. The third kappa shape index (κ3) is 2.44. The summed E-state index contributed by atoms with van der Waals surface area (Å²) in [6.45, 7) is 1.71. The van der Waals surface area contributed by atoms with Crippen LogP contribution in [0, 0.1) is 0 Å². The van der Waals surface area contributed by atoms with E-state index in [0.717, 1.165) is 17.0 Å². The fourth-order valence-electron chi connectivity index (χ4n) is 1.43. The van der Waals surface area contributed by atoms with E-state index in [2.05, 4.69) is 0 Å². The molecular weight excluding hydrogens is 228 g/mol. The van der Waals surface area contributed by atoms with Gasteiger partial charge in [-0.2, -0.15) is 0 Å². The fourth-order valence-corrected chi connectivity index (χ4v) is 1.43. The Morgan fingerprint density at radius 3 is 2.69 bits per heavy atom. The zero-order valence-corrected chi connectivity index (χ0v) is 9.45. The molecule has 0 unspecified atom stereocenters. The number of rotatable bonds is 2. The summed E-state index contributed by atoms with van der Waals surface area (Å²) in [6.07, 6.45) is 1.14. The van der Waals surface area contributed by atoms with Crippen molar-refractivity contribution in [3.05, 3.63) is 42.2 Å². The molecule has 0 saturated heterocycles. The summed E-state index contributed by atoms with van der Waals surface area (Å²) in [4.78, 5) is 10.5. The van der Waals surface area contributed by atoms with Crippen LogP contribution in [0.25, 0.3) is 16.5 Å². The summed E-state index contributed by atoms with van der Waals surface area (Å²) in [5.41, 5.74) is 1.38. The van der Waals surface area contributed by atoms with Crippen molar-refractivity contribution in [2.24, 2.45) is 0 Å². The number of carboxylic acid groups (broad SMARTS) is 1. The summed E-state index contributed by atoms with van der Waals surface area (Å²) >= 11 is 0. The van der Waals surface area contributed by atoms with Crippen LogP contribution >= 0.6 is 12.4 Å². The number of hydrogen-bond donors (Lipinski definition) is 1. The van der Waals surface area contributed by atoms with E-state index < -0.39 is 5.97 Å². The van der Waals surface area contributed by atoms with Crippen LogP contribution in [0.15, 0.2) is 40.8 Å². The van der Waals surface area contributed by atoms with Crippen LogP contribution in [0.5, 0.6) is 0 Å². The predicted octanol–water partition coefficient (Wildman–Crippen LogP) is 3.34. The van der Waals surface area contributed by atoms with Crippen molar-refractivity contribution in [1.82, 2.24) is 0 Å². The summed E-state index contributed by atoms with van der Waals surface area (Å²) in [6, 6.07) is 9.41. The highest BCUT2D eigenvalue weighted by Gasteiger charge is 2.05. The molecule has 0 bridgehead atoms. The lowest BCUT2D eigenvalue weighted by Gasteiger charge is -1.92. The van der Waals surface area contributed by atoms with Crippen LogP contribution in [0.1, 0.15) is 12.7 Å². The summed E-state index contributed by atoms with van der Waals surface area (Å²) < 4.78 is 5.50. The maximum Gasteiger partial charge on any atom is 0.328 e. The van der Waals surface area contributed by atoms with Gasteiger partial charge < -0.3 is 9.52 Å². The van der Waals surface area contributed by atoms with Crippen LogP contribution in [-0.4, -0.2) is 11.1 Å². The third-order valence-electron chi connectivity index (χ3n) is 2.15. The van der Waals surface area contributed by atoms with Crippen molar-refractivity contribution >= 4 is 34.9 Å². The van der Waals surface area contributed by atoms with Gasteiger partial charge in [-0.05, 0) is 24.6 Å². The molecule has 3 nitrogen and oxygen atoms in total. The number of hydrogen-bond acceptors (Lipinski definition) is 2. The Balaban J connectivity index is 0.00000128. The van der Waals surface area contributed by atoms with Crippen molar-refractivity contribution in [1.29, 1.82) is 0 Å². The molecule has 84 valence electrons. The Bertz CT molecular complexity index is 507. The van der Waals surface area contributed by atoms with Crippen LogP contribution in [0.4, 0.5) is 0 Å². The molecule has 0 aliphatic carbocycles. The Morgan fingerprint density at radius 1 is 1.38 bits per heavy atom. The molecule has 1 aromatic carbocycles. The molecule has 0 amide bonds. The van der Waals surface area contributed by atoms with Crippen molar-refractivity contribution in [2.75, 3.05) is 0 Å². The van der Waals surface area contributed by atoms with Gasteiger partial charge in [-0.1, -0.05) is 18.2 Å². The number of allylic oxidation sites excluding steroid dienone is 1. The second-order valence-electron chi connectivity index (χ2n) is 3.31. The Kier molecular flexibility index (Phi) is 3.74. The Hall–Kier alpha value is -1.74. The van der Waals surface area contributed by atoms with Crippen LogP contribution in [-0.2, 0) is 4.79 Å². The molecule has 1 heterocycles. The number of carboxylic acids is 1. The Labute approximate surface area is 98.8 Å². The zero-order chi connectivity index (χ0) is 10.8. The van der Waals surface area contributed by atoms with E-state index in [4.69, 9.17) is 9.52 Å². The van der Waals surface area contributed by atoms with Gasteiger partial charge in [0.2, 0.25) is 0 Å². The second kappa shape index (κ2) is 4.86. The minimum atomic E-state index is -0.965. The first kappa shape index (κ1) is 12.3. The highest BCUT2D eigenvalue weighted by molar-refractivity contribution is 5.90. The van der Waals surface area contributed by atoms with E-state index in [0.29, 0.717) is 11.3 Å². The minimum absolute atomic E-state index is 0. The number of carbonyl (C=O) groups is 1. The monoisotopic (exact) mass is 238 g/mol. The predicted molar refractivity (Wildman–Crippen MR) is 64.7 cm³/mol. The summed E-state index contributed by atoms with van der Waals surface area (Å²) in [7, 11) is 0. The molecule has 2 rings (SSSR count). The average molecular weight is 239 g/mol. The van der Waals surface area contributed by atoms with Gasteiger partial charge in [-0.3, -0.25) is 0 Å². The van der Waals surface area contributed by atoms with Gasteiger partial charge in [-0.15, -0.1) is 12.4 Å². The number of benzene rings is 1. The van der Waals surface area contributed by atoms with Gasteiger partial charge >= 0.3 is 5.97 Å². The molecule has 0 aliphatic heterocycles. The van der Waals surface area contributed by atoms with E-state index in [1.807, 2.05) is 30.3 Å². The minimum Gasteiger partial charge on any atom is -0.478 e. The number of halogens is 1. The Morgan fingerprint density at radius 2 is 2.06 bits per heavy atom. The molecule has 0 saturated carbocycles. The number of furan rings is 1. The lowest BCUT2D eigenvalue weighted by Crippen LogP contribution is -1.88. The SMILES string of the molecule is CC(=CC(=O)O)c1cc2ccccc2o1.Cl. The number of para-hydroxylation sites is 1. The van der Waals surface area contributed by atoms with Gasteiger partial charge in [0.25, 0.3) is 0 Å². The third-order valence-corrected chi connectivity index (χ3v) is 2.15. The van der Waals surface area contributed by atoms with Crippen molar-refractivity contribution in [2.45, 2.75) is 6.92 Å². The van der Waals surface area contributed by atoms with Gasteiger partial charge in [0.1, 0.15) is 11.3 Å². The molecule has 4 heteroatoms. The van der Waals surface area contributed by atoms with Crippen LogP contribution < -0.4 is 0 Å². The molecule has 0 radical (unpaired) electrons. The van der Waals surface area contributed by atoms with Crippen molar-refractivity contribution < 1.29 is 14.3 Å². The van der Waals surface area contributed by atoms with Gasteiger partial charge in [0.15, 0.2) is 0 Å². The van der Waals surface area contributed by atoms with Gasteiger partial charge in [0, 0.05) is 11.5 Å². The quantitative estimate of drug-likeness (QED) is 0.817. The standard InChI is InChI=1S/C12H10O3.ClH/c1-8(6-12(13)14)11-7-9-4-2-3-5-10(9)15-11;/h2-7H,1H3,(H,13,14);1H. The van der Waals surface area contributed by atoms with Gasteiger partial charge in [0.05, 0.1) is 0 Å². The van der Waals surface area contributed by atoms with E-state index in [-0.39, 0.29) is 12.4 Å². The fraction of sp³-hybridized carbons (Fsp3) is 0.0833.